The average molecular weight is 301 g/mol. The molecule has 118 valence electrons. The number of nitrogens with one attached hydrogen (secondary N) is 2. The molecule has 0 bridgehead atoms. The van der Waals surface area contributed by atoms with Crippen LogP contribution in [0.4, 0.5) is 0 Å². The lowest BCUT2D eigenvalue weighted by atomic mass is 10.0. The van der Waals surface area contributed by atoms with E-state index in [0.717, 1.165) is 43.8 Å². The van der Waals surface area contributed by atoms with Crippen LogP contribution in [0.1, 0.15) is 39.5 Å². The zero-order valence-electron chi connectivity index (χ0n) is 13.5. The molecule has 1 atom stereocenters. The summed E-state index contributed by atoms with van der Waals surface area (Å²) in [5.74, 6) is 2.09. The van der Waals surface area contributed by atoms with Crippen LogP contribution < -0.4 is 10.6 Å². The van der Waals surface area contributed by atoms with Gasteiger partial charge in [0, 0.05) is 38.0 Å². The van der Waals surface area contributed by atoms with E-state index in [9.17, 15) is 0 Å². The lowest BCUT2D eigenvalue weighted by Gasteiger charge is -2.33. The molecule has 20 heavy (non-hydrogen) atoms. The van der Waals surface area contributed by atoms with E-state index < -0.39 is 0 Å². The molecule has 5 heteroatoms. The Balaban J connectivity index is 2.21. The monoisotopic (exact) mass is 300 g/mol. The van der Waals surface area contributed by atoms with Gasteiger partial charge in [0.2, 0.25) is 0 Å². The zero-order valence-corrected chi connectivity index (χ0v) is 14.3. The zero-order chi connectivity index (χ0) is 14.6. The molecule has 1 rings (SSSR count). The molecule has 0 aliphatic carbocycles. The lowest BCUT2D eigenvalue weighted by molar-refractivity contribution is 0.160. The molecule has 4 nitrogen and oxygen atoms in total. The fourth-order valence-electron chi connectivity index (χ4n) is 2.57. The number of guanidine groups is 1. The van der Waals surface area contributed by atoms with E-state index in [1.54, 1.807) is 0 Å². The van der Waals surface area contributed by atoms with Crippen molar-refractivity contribution in [3.63, 3.8) is 0 Å². The Morgan fingerprint density at radius 1 is 1.35 bits per heavy atom. The summed E-state index contributed by atoms with van der Waals surface area (Å²) in [7, 11) is 0. The van der Waals surface area contributed by atoms with Gasteiger partial charge in [0.05, 0.1) is 0 Å². The van der Waals surface area contributed by atoms with Gasteiger partial charge in [-0.25, -0.2) is 0 Å². The summed E-state index contributed by atoms with van der Waals surface area (Å²) in [6.45, 7) is 9.76. The molecule has 1 fully saturated rings. The first-order valence-corrected chi connectivity index (χ1v) is 9.42. The Labute approximate surface area is 129 Å². The average Bonchev–Trinajstić information content (AvgIpc) is 2.45. The minimum absolute atomic E-state index is 0.765. The first kappa shape index (κ1) is 17.6. The van der Waals surface area contributed by atoms with Crippen LogP contribution in [0.15, 0.2) is 4.99 Å². The van der Waals surface area contributed by atoms with Crippen molar-refractivity contribution in [2.75, 3.05) is 44.7 Å². The molecule has 1 aliphatic heterocycles. The third-order valence-electron chi connectivity index (χ3n) is 3.76. The molecule has 0 amide bonds. The molecule has 1 saturated heterocycles. The predicted octanol–water partition coefficient (Wildman–Crippen LogP) is 2.17. The molecule has 0 aromatic rings. The summed E-state index contributed by atoms with van der Waals surface area (Å²) >= 11 is 1.86. The molecular weight excluding hydrogens is 268 g/mol. The second-order valence-electron chi connectivity index (χ2n) is 5.41. The van der Waals surface area contributed by atoms with Gasteiger partial charge in [0.25, 0.3) is 0 Å². The number of rotatable bonds is 8. The number of hydrogen-bond donors (Lipinski definition) is 2. The largest absolute Gasteiger partial charge is 0.357 e. The predicted molar refractivity (Wildman–Crippen MR) is 91.9 cm³/mol. The fourth-order valence-corrected chi connectivity index (χ4v) is 2.87. The molecule has 0 radical (unpaired) electrons. The van der Waals surface area contributed by atoms with Crippen molar-refractivity contribution < 1.29 is 0 Å². The minimum atomic E-state index is 0.765. The van der Waals surface area contributed by atoms with Crippen LogP contribution in [0, 0.1) is 0 Å². The highest BCUT2D eigenvalue weighted by molar-refractivity contribution is 7.98. The highest BCUT2D eigenvalue weighted by Crippen LogP contribution is 2.16. The Hall–Kier alpha value is -0.420. The smallest absolute Gasteiger partial charge is 0.191 e. The van der Waals surface area contributed by atoms with E-state index in [2.05, 4.69) is 40.6 Å². The number of hydrogen-bond acceptors (Lipinski definition) is 3. The second-order valence-corrected chi connectivity index (χ2v) is 6.40. The molecular formula is C15H32N4S. The second kappa shape index (κ2) is 11.3. The molecule has 0 spiro atoms. The van der Waals surface area contributed by atoms with E-state index in [1.807, 2.05) is 11.8 Å². The topological polar surface area (TPSA) is 39.7 Å². The van der Waals surface area contributed by atoms with Gasteiger partial charge in [0.1, 0.15) is 0 Å². The minimum Gasteiger partial charge on any atom is -0.357 e. The van der Waals surface area contributed by atoms with Gasteiger partial charge in [-0.2, -0.15) is 11.8 Å². The number of likely N-dealkylation sites (tertiary alicyclic amines) is 1. The van der Waals surface area contributed by atoms with Gasteiger partial charge in [0.15, 0.2) is 5.96 Å². The molecule has 1 aliphatic rings. The first-order valence-electron chi connectivity index (χ1n) is 8.03. The van der Waals surface area contributed by atoms with Crippen molar-refractivity contribution in [1.82, 2.24) is 15.5 Å². The summed E-state index contributed by atoms with van der Waals surface area (Å²) in [4.78, 5) is 7.27. The van der Waals surface area contributed by atoms with Gasteiger partial charge < -0.3 is 15.5 Å². The maximum absolute atomic E-state index is 4.65. The maximum atomic E-state index is 4.65. The molecule has 0 aromatic heterocycles. The molecule has 2 N–H and O–H groups in total. The molecule has 0 saturated carbocycles. The van der Waals surface area contributed by atoms with Crippen molar-refractivity contribution in [3.05, 3.63) is 0 Å². The standard InChI is InChI=1S/C15H32N4S/c1-4-16-15(18-10-13-20-3)17-9-7-12-19-11-6-5-8-14(19)2/h14H,4-13H2,1-3H3,(H2,16,17,18). The SMILES string of the molecule is CCNC(=NCCCN1CCCCC1C)NCCSC. The van der Waals surface area contributed by atoms with Gasteiger partial charge in [-0.15, -0.1) is 0 Å². The van der Waals surface area contributed by atoms with Crippen LogP contribution in [0.25, 0.3) is 0 Å². The van der Waals surface area contributed by atoms with Crippen molar-refractivity contribution in [2.45, 2.75) is 45.6 Å². The summed E-state index contributed by atoms with van der Waals surface area (Å²) < 4.78 is 0. The summed E-state index contributed by atoms with van der Waals surface area (Å²) in [6.07, 6.45) is 7.42. The van der Waals surface area contributed by atoms with Gasteiger partial charge >= 0.3 is 0 Å². The van der Waals surface area contributed by atoms with Crippen LogP contribution in [-0.2, 0) is 0 Å². The fraction of sp³-hybridized carbons (Fsp3) is 0.933. The van der Waals surface area contributed by atoms with Gasteiger partial charge in [-0.3, -0.25) is 4.99 Å². The van der Waals surface area contributed by atoms with Crippen LogP contribution in [0.3, 0.4) is 0 Å². The Kier molecular flexibility index (Phi) is 9.93. The van der Waals surface area contributed by atoms with Crippen LogP contribution in [0.2, 0.25) is 0 Å². The third-order valence-corrected chi connectivity index (χ3v) is 4.37. The van der Waals surface area contributed by atoms with E-state index in [1.165, 1.54) is 32.4 Å². The highest BCUT2D eigenvalue weighted by atomic mass is 32.2. The van der Waals surface area contributed by atoms with Crippen LogP contribution >= 0.6 is 11.8 Å². The molecule has 1 unspecified atom stereocenters. The summed E-state index contributed by atoms with van der Waals surface area (Å²) in [5.41, 5.74) is 0. The van der Waals surface area contributed by atoms with Crippen LogP contribution in [-0.4, -0.2) is 61.6 Å². The Bertz CT molecular complexity index is 271. The van der Waals surface area contributed by atoms with Gasteiger partial charge in [-0.1, -0.05) is 6.42 Å². The molecule has 0 aromatic carbocycles. The quantitative estimate of drug-likeness (QED) is 0.409. The number of nitrogens with zero attached hydrogens (tertiary/aromatic N) is 2. The lowest BCUT2D eigenvalue weighted by Crippen LogP contribution is -2.39. The maximum Gasteiger partial charge on any atom is 0.191 e. The van der Waals surface area contributed by atoms with E-state index in [-0.39, 0.29) is 0 Å². The Morgan fingerprint density at radius 3 is 2.90 bits per heavy atom. The number of thioether (sulfide) groups is 1. The van der Waals surface area contributed by atoms with Crippen molar-refractivity contribution >= 4 is 17.7 Å². The van der Waals surface area contributed by atoms with E-state index in [4.69, 9.17) is 0 Å². The number of aliphatic imine (C=N–C) groups is 1. The third kappa shape index (κ3) is 7.39. The van der Waals surface area contributed by atoms with E-state index >= 15 is 0 Å². The Morgan fingerprint density at radius 2 is 2.20 bits per heavy atom. The van der Waals surface area contributed by atoms with Crippen molar-refractivity contribution in [1.29, 1.82) is 0 Å². The van der Waals surface area contributed by atoms with Crippen LogP contribution in [0.5, 0.6) is 0 Å². The summed E-state index contributed by atoms with van der Waals surface area (Å²) in [6, 6.07) is 0.765. The number of piperidine rings is 1. The molecule has 1 heterocycles. The van der Waals surface area contributed by atoms with E-state index in [0.29, 0.717) is 0 Å². The van der Waals surface area contributed by atoms with Gasteiger partial charge in [-0.05, 0) is 45.9 Å². The summed E-state index contributed by atoms with van der Waals surface area (Å²) in [5, 5.41) is 6.68. The van der Waals surface area contributed by atoms with Crippen molar-refractivity contribution in [2.24, 2.45) is 4.99 Å². The van der Waals surface area contributed by atoms with Crippen molar-refractivity contribution in [3.8, 4) is 0 Å². The first-order chi connectivity index (χ1) is 9.77. The highest BCUT2D eigenvalue weighted by Gasteiger charge is 2.16. The normalized spacial score (nSPS) is 20.9.